The number of carbonyl (C=O) groups excluding carboxylic acids is 1. The molecule has 1 aromatic carbocycles. The van der Waals surface area contributed by atoms with E-state index in [1.165, 1.54) is 16.5 Å². The van der Waals surface area contributed by atoms with Crippen LogP contribution in [0.25, 0.3) is 16.6 Å². The van der Waals surface area contributed by atoms with E-state index in [0.717, 1.165) is 31.7 Å². The van der Waals surface area contributed by atoms with Crippen molar-refractivity contribution in [3.8, 4) is 0 Å². The third-order valence-electron chi connectivity index (χ3n) is 5.66. The minimum Gasteiger partial charge on any atom is -0.361 e. The van der Waals surface area contributed by atoms with Crippen LogP contribution in [0.3, 0.4) is 0 Å². The van der Waals surface area contributed by atoms with Gasteiger partial charge in [0.25, 0.3) is 5.91 Å². The average Bonchev–Trinajstić information content (AvgIpc) is 3.46. The largest absolute Gasteiger partial charge is 0.361 e. The van der Waals surface area contributed by atoms with Crippen molar-refractivity contribution in [2.45, 2.75) is 18.9 Å². The van der Waals surface area contributed by atoms with Gasteiger partial charge >= 0.3 is 0 Å². The molecule has 1 aliphatic rings. The van der Waals surface area contributed by atoms with Crippen molar-refractivity contribution in [1.29, 1.82) is 0 Å². The molecule has 0 radical (unpaired) electrons. The molecule has 2 N–H and O–H groups in total. The Bertz CT molecular complexity index is 1160. The van der Waals surface area contributed by atoms with Crippen molar-refractivity contribution in [2.24, 2.45) is 0 Å². The first-order chi connectivity index (χ1) is 13.7. The Balaban J connectivity index is 1.39. The van der Waals surface area contributed by atoms with Gasteiger partial charge < -0.3 is 10.3 Å². The molecule has 0 bridgehead atoms. The molecule has 28 heavy (non-hydrogen) atoms. The molecule has 0 spiro atoms. The number of hydrogen-bond acceptors (Lipinski definition) is 4. The van der Waals surface area contributed by atoms with Crippen LogP contribution < -0.4 is 5.32 Å². The predicted octanol–water partition coefficient (Wildman–Crippen LogP) is 2.56. The van der Waals surface area contributed by atoms with Gasteiger partial charge in [0.05, 0.1) is 11.9 Å². The Hall–Kier alpha value is -3.19. The van der Waals surface area contributed by atoms with Gasteiger partial charge in [-0.25, -0.2) is 9.50 Å². The summed E-state index contributed by atoms with van der Waals surface area (Å²) in [7, 11) is 1.62. The molecule has 142 valence electrons. The number of amides is 1. The van der Waals surface area contributed by atoms with Crippen LogP contribution in [0.5, 0.6) is 0 Å². The van der Waals surface area contributed by atoms with Crippen molar-refractivity contribution in [3.05, 3.63) is 65.7 Å². The fraction of sp³-hybridized carbons (Fsp3) is 0.286. The first-order valence-electron chi connectivity index (χ1n) is 9.56. The maximum Gasteiger partial charge on any atom is 0.256 e. The second-order valence-electron chi connectivity index (χ2n) is 7.32. The predicted molar refractivity (Wildman–Crippen MR) is 107 cm³/mol. The van der Waals surface area contributed by atoms with E-state index in [4.69, 9.17) is 0 Å². The van der Waals surface area contributed by atoms with Gasteiger partial charge in [-0.1, -0.05) is 18.2 Å². The van der Waals surface area contributed by atoms with Crippen LogP contribution in [0.1, 0.15) is 34.0 Å². The third kappa shape index (κ3) is 2.75. The zero-order valence-corrected chi connectivity index (χ0v) is 15.7. The fourth-order valence-corrected chi connectivity index (χ4v) is 4.23. The summed E-state index contributed by atoms with van der Waals surface area (Å²) in [6, 6.07) is 10.4. The minimum absolute atomic E-state index is 0.160. The van der Waals surface area contributed by atoms with Gasteiger partial charge in [-0.2, -0.15) is 5.10 Å². The summed E-state index contributed by atoms with van der Waals surface area (Å²) in [5, 5.41) is 8.39. The van der Waals surface area contributed by atoms with Crippen LogP contribution in [0.4, 0.5) is 0 Å². The number of hydrogen-bond donors (Lipinski definition) is 2. The van der Waals surface area contributed by atoms with E-state index in [9.17, 15) is 4.79 Å². The highest BCUT2D eigenvalue weighted by atomic mass is 16.1. The normalized spacial score (nSPS) is 17.5. The number of para-hydroxylation sites is 1. The van der Waals surface area contributed by atoms with Crippen LogP contribution >= 0.6 is 0 Å². The lowest BCUT2D eigenvalue weighted by Gasteiger charge is -2.16. The van der Waals surface area contributed by atoms with Crippen molar-refractivity contribution in [1.82, 2.24) is 29.8 Å². The molecule has 1 amide bonds. The number of rotatable bonds is 4. The van der Waals surface area contributed by atoms with Crippen molar-refractivity contribution in [3.63, 3.8) is 0 Å². The summed E-state index contributed by atoms with van der Waals surface area (Å²) in [5.74, 6) is 0.208. The van der Waals surface area contributed by atoms with Crippen LogP contribution in [0, 0.1) is 0 Å². The van der Waals surface area contributed by atoms with Crippen LogP contribution in [0.2, 0.25) is 0 Å². The zero-order valence-electron chi connectivity index (χ0n) is 15.7. The minimum atomic E-state index is -0.160. The molecule has 7 heteroatoms. The number of aromatic amines is 1. The highest BCUT2D eigenvalue weighted by molar-refractivity contribution is 5.99. The summed E-state index contributed by atoms with van der Waals surface area (Å²) in [5.41, 5.74) is 4.76. The number of aromatic nitrogens is 4. The van der Waals surface area contributed by atoms with E-state index in [0.29, 0.717) is 17.1 Å². The highest BCUT2D eigenvalue weighted by Gasteiger charge is 2.27. The lowest BCUT2D eigenvalue weighted by Crippen LogP contribution is -2.20. The first kappa shape index (κ1) is 16.9. The maximum atomic E-state index is 12.0. The number of fused-ring (bicyclic) bond motifs is 2. The SMILES string of the molecule is CNC(=O)c1cnn2c([C@H]3CCN(Cc4c[nH]c5ccccc45)C3)ccnc12. The Morgan fingerprint density at radius 2 is 2.21 bits per heavy atom. The molecule has 1 aliphatic heterocycles. The second-order valence-corrected chi connectivity index (χ2v) is 7.32. The Morgan fingerprint density at radius 3 is 3.11 bits per heavy atom. The van der Waals surface area contributed by atoms with Crippen molar-refractivity contribution in [2.75, 3.05) is 20.1 Å². The number of carbonyl (C=O) groups is 1. The zero-order chi connectivity index (χ0) is 19.1. The standard InChI is InChI=1S/C21H22N6O/c1-22-21(28)17-11-25-27-19(6-8-23-20(17)27)14-7-9-26(12-14)13-15-10-24-18-5-3-2-4-16(15)18/h2-6,8,10-11,14,24H,7,9,12-13H2,1H3,(H,22,28)/t14-/m0/s1. The summed E-state index contributed by atoms with van der Waals surface area (Å²) in [6.07, 6.45) is 6.56. The van der Waals surface area contributed by atoms with Crippen LogP contribution in [-0.4, -0.2) is 50.5 Å². The van der Waals surface area contributed by atoms with E-state index in [1.807, 2.05) is 10.6 Å². The van der Waals surface area contributed by atoms with Gasteiger partial charge in [-0.15, -0.1) is 0 Å². The molecule has 1 fully saturated rings. The van der Waals surface area contributed by atoms with Crippen LogP contribution in [-0.2, 0) is 6.54 Å². The average molecular weight is 374 g/mol. The smallest absolute Gasteiger partial charge is 0.256 e. The van der Waals surface area contributed by atoms with E-state index in [2.05, 4.69) is 55.7 Å². The summed E-state index contributed by atoms with van der Waals surface area (Å²) >= 11 is 0. The van der Waals surface area contributed by atoms with Gasteiger partial charge in [0, 0.05) is 49.4 Å². The molecule has 3 aromatic heterocycles. The molecule has 4 heterocycles. The number of nitrogens with zero attached hydrogens (tertiary/aromatic N) is 4. The van der Waals surface area contributed by atoms with Crippen molar-refractivity contribution < 1.29 is 4.79 Å². The first-order valence-corrected chi connectivity index (χ1v) is 9.56. The van der Waals surface area contributed by atoms with Crippen LogP contribution in [0.15, 0.2) is 48.9 Å². The summed E-state index contributed by atoms with van der Waals surface area (Å²) < 4.78 is 1.82. The Kier molecular flexibility index (Phi) is 4.09. The van der Waals surface area contributed by atoms with Crippen molar-refractivity contribution >= 4 is 22.5 Å². The summed E-state index contributed by atoms with van der Waals surface area (Å²) in [6.45, 7) is 2.93. The van der Waals surface area contributed by atoms with E-state index in [1.54, 1.807) is 19.4 Å². The number of likely N-dealkylation sites (tertiary alicyclic amines) is 1. The number of H-pyrrole nitrogens is 1. The van der Waals surface area contributed by atoms with E-state index in [-0.39, 0.29) is 5.91 Å². The maximum absolute atomic E-state index is 12.0. The number of nitrogens with one attached hydrogen (secondary N) is 2. The molecule has 7 nitrogen and oxygen atoms in total. The number of benzene rings is 1. The molecule has 5 rings (SSSR count). The molecule has 0 unspecified atom stereocenters. The van der Waals surface area contributed by atoms with Gasteiger partial charge in [-0.3, -0.25) is 9.69 Å². The monoisotopic (exact) mass is 374 g/mol. The molecular weight excluding hydrogens is 352 g/mol. The topological polar surface area (TPSA) is 78.3 Å². The Labute approximate surface area is 162 Å². The second kappa shape index (κ2) is 6.76. The molecule has 4 aromatic rings. The third-order valence-corrected chi connectivity index (χ3v) is 5.66. The van der Waals surface area contributed by atoms with Gasteiger partial charge in [0.1, 0.15) is 5.56 Å². The lowest BCUT2D eigenvalue weighted by molar-refractivity contribution is 0.0964. The highest BCUT2D eigenvalue weighted by Crippen LogP contribution is 2.30. The Morgan fingerprint density at radius 1 is 1.32 bits per heavy atom. The fourth-order valence-electron chi connectivity index (χ4n) is 4.23. The molecule has 0 saturated carbocycles. The van der Waals surface area contributed by atoms with Gasteiger partial charge in [-0.05, 0) is 30.7 Å². The van der Waals surface area contributed by atoms with Gasteiger partial charge in [0.15, 0.2) is 5.65 Å². The van der Waals surface area contributed by atoms with Gasteiger partial charge in [0.2, 0.25) is 0 Å². The summed E-state index contributed by atoms with van der Waals surface area (Å²) in [4.78, 5) is 22.3. The lowest BCUT2D eigenvalue weighted by atomic mass is 10.0. The van der Waals surface area contributed by atoms with E-state index >= 15 is 0 Å². The molecule has 1 atom stereocenters. The quantitative estimate of drug-likeness (QED) is 0.575. The molecule has 1 saturated heterocycles. The van der Waals surface area contributed by atoms with E-state index < -0.39 is 0 Å². The molecule has 0 aliphatic carbocycles. The molecular formula is C21H22N6O.